The van der Waals surface area contributed by atoms with Crippen LogP contribution in [0.5, 0.6) is 0 Å². The van der Waals surface area contributed by atoms with E-state index in [9.17, 15) is 0 Å². The average molecular weight is 152 g/mol. The number of rotatable bonds is 1. The number of piperidine rings is 1. The van der Waals surface area contributed by atoms with Crippen molar-refractivity contribution in [3.05, 3.63) is 12.4 Å². The van der Waals surface area contributed by atoms with E-state index < -0.39 is 0 Å². The van der Waals surface area contributed by atoms with Crippen molar-refractivity contribution < 1.29 is 0 Å². The lowest BCUT2D eigenvalue weighted by Gasteiger charge is -2.21. The first kappa shape index (κ1) is 6.79. The standard InChI is InChI=1S/C7H12N4/c1-2-7(6-8-3-1)11-9-4-5-10-11/h4-5,7-8H,1-3,6H2/t7-/m0/s1. The molecule has 0 aliphatic carbocycles. The van der Waals surface area contributed by atoms with Gasteiger partial charge in [-0.2, -0.15) is 15.0 Å². The van der Waals surface area contributed by atoms with Crippen molar-refractivity contribution in [3.63, 3.8) is 0 Å². The molecule has 1 aromatic rings. The zero-order valence-corrected chi connectivity index (χ0v) is 6.40. The second-order valence-corrected chi connectivity index (χ2v) is 2.85. The Labute approximate surface area is 65.6 Å². The third-order valence-corrected chi connectivity index (χ3v) is 2.03. The van der Waals surface area contributed by atoms with Crippen LogP contribution in [0, 0.1) is 0 Å². The minimum atomic E-state index is 0.471. The fourth-order valence-electron chi connectivity index (χ4n) is 1.45. The molecule has 0 spiro atoms. The first-order valence-corrected chi connectivity index (χ1v) is 4.03. The summed E-state index contributed by atoms with van der Waals surface area (Å²) in [7, 11) is 0. The summed E-state index contributed by atoms with van der Waals surface area (Å²) in [6, 6.07) is 0.471. The summed E-state index contributed by atoms with van der Waals surface area (Å²) in [6.07, 6.45) is 5.89. The van der Waals surface area contributed by atoms with Crippen LogP contribution in [-0.2, 0) is 0 Å². The van der Waals surface area contributed by atoms with Crippen molar-refractivity contribution in [2.24, 2.45) is 0 Å². The van der Waals surface area contributed by atoms with E-state index >= 15 is 0 Å². The Morgan fingerprint density at radius 2 is 2.18 bits per heavy atom. The van der Waals surface area contributed by atoms with Crippen molar-refractivity contribution in [1.29, 1.82) is 0 Å². The highest BCUT2D eigenvalue weighted by molar-refractivity contribution is 4.73. The monoisotopic (exact) mass is 152 g/mol. The molecule has 0 amide bonds. The molecule has 60 valence electrons. The molecule has 2 rings (SSSR count). The van der Waals surface area contributed by atoms with Crippen molar-refractivity contribution in [2.45, 2.75) is 18.9 Å². The molecule has 4 heteroatoms. The molecule has 1 aliphatic heterocycles. The van der Waals surface area contributed by atoms with Gasteiger partial charge in [-0.25, -0.2) is 0 Å². The first-order chi connectivity index (χ1) is 5.47. The molecule has 0 aromatic carbocycles. The lowest BCUT2D eigenvalue weighted by atomic mass is 10.1. The molecule has 0 unspecified atom stereocenters. The fourth-order valence-corrected chi connectivity index (χ4v) is 1.45. The smallest absolute Gasteiger partial charge is 0.0840 e. The Hall–Kier alpha value is -0.900. The Bertz CT molecular complexity index is 200. The van der Waals surface area contributed by atoms with E-state index in [0.29, 0.717) is 6.04 Å². The maximum atomic E-state index is 4.11. The summed E-state index contributed by atoms with van der Waals surface area (Å²) >= 11 is 0. The number of nitrogens with one attached hydrogen (secondary N) is 1. The normalized spacial score (nSPS) is 25.3. The Kier molecular flexibility index (Phi) is 1.85. The van der Waals surface area contributed by atoms with Crippen molar-refractivity contribution in [1.82, 2.24) is 20.3 Å². The topological polar surface area (TPSA) is 42.7 Å². The molecule has 2 heterocycles. The summed E-state index contributed by atoms with van der Waals surface area (Å²) in [5, 5.41) is 11.5. The van der Waals surface area contributed by atoms with Crippen molar-refractivity contribution in [2.75, 3.05) is 13.1 Å². The highest BCUT2D eigenvalue weighted by Crippen LogP contribution is 2.12. The second kappa shape index (κ2) is 3.00. The number of hydrogen-bond acceptors (Lipinski definition) is 3. The van der Waals surface area contributed by atoms with Gasteiger partial charge in [0.15, 0.2) is 0 Å². The quantitative estimate of drug-likeness (QED) is 0.625. The van der Waals surface area contributed by atoms with E-state index in [-0.39, 0.29) is 0 Å². The van der Waals surface area contributed by atoms with E-state index in [1.807, 2.05) is 0 Å². The summed E-state index contributed by atoms with van der Waals surface area (Å²) in [5.74, 6) is 0. The SMILES string of the molecule is c1cnn([C@H]2CCCNC2)n1. The fraction of sp³-hybridized carbons (Fsp3) is 0.714. The van der Waals surface area contributed by atoms with E-state index in [1.54, 1.807) is 17.2 Å². The third kappa shape index (κ3) is 1.40. The van der Waals surface area contributed by atoms with E-state index in [0.717, 1.165) is 13.1 Å². The maximum Gasteiger partial charge on any atom is 0.0840 e. The molecule has 1 saturated heterocycles. The molecule has 4 nitrogen and oxygen atoms in total. The number of nitrogens with zero attached hydrogens (tertiary/aromatic N) is 3. The zero-order chi connectivity index (χ0) is 7.52. The van der Waals surface area contributed by atoms with Crippen LogP contribution in [0.4, 0.5) is 0 Å². The van der Waals surface area contributed by atoms with Gasteiger partial charge in [0.05, 0.1) is 18.4 Å². The van der Waals surface area contributed by atoms with Crippen LogP contribution < -0.4 is 5.32 Å². The molecule has 1 fully saturated rings. The molecule has 1 atom stereocenters. The van der Waals surface area contributed by atoms with Gasteiger partial charge in [0.2, 0.25) is 0 Å². The minimum absolute atomic E-state index is 0.471. The van der Waals surface area contributed by atoms with Crippen LogP contribution in [0.3, 0.4) is 0 Å². The summed E-state index contributed by atoms with van der Waals surface area (Å²) in [5.41, 5.74) is 0. The van der Waals surface area contributed by atoms with Gasteiger partial charge < -0.3 is 5.32 Å². The second-order valence-electron chi connectivity index (χ2n) is 2.85. The van der Waals surface area contributed by atoms with Crippen molar-refractivity contribution in [3.8, 4) is 0 Å². The molecule has 0 saturated carbocycles. The maximum absolute atomic E-state index is 4.11. The summed E-state index contributed by atoms with van der Waals surface area (Å²) in [4.78, 5) is 1.80. The molecule has 0 radical (unpaired) electrons. The van der Waals surface area contributed by atoms with E-state index in [1.165, 1.54) is 12.8 Å². The first-order valence-electron chi connectivity index (χ1n) is 4.03. The van der Waals surface area contributed by atoms with Crippen LogP contribution in [-0.4, -0.2) is 28.1 Å². The van der Waals surface area contributed by atoms with Gasteiger partial charge in [0.1, 0.15) is 0 Å². The van der Waals surface area contributed by atoms with Crippen LogP contribution >= 0.6 is 0 Å². The molecule has 11 heavy (non-hydrogen) atoms. The van der Waals surface area contributed by atoms with Gasteiger partial charge in [-0.3, -0.25) is 0 Å². The number of hydrogen-bond donors (Lipinski definition) is 1. The predicted octanol–water partition coefficient (Wildman–Crippen LogP) is 0.203. The molecule has 1 aromatic heterocycles. The van der Waals surface area contributed by atoms with Gasteiger partial charge in [-0.15, -0.1) is 0 Å². The molecular formula is C7H12N4. The Morgan fingerprint density at radius 3 is 2.82 bits per heavy atom. The van der Waals surface area contributed by atoms with Crippen LogP contribution in [0.15, 0.2) is 12.4 Å². The van der Waals surface area contributed by atoms with Gasteiger partial charge >= 0.3 is 0 Å². The molecule has 1 N–H and O–H groups in total. The summed E-state index contributed by atoms with van der Waals surface area (Å²) < 4.78 is 0. The highest BCUT2D eigenvalue weighted by atomic mass is 15.5. The largest absolute Gasteiger partial charge is 0.315 e. The molecular weight excluding hydrogens is 140 g/mol. The van der Waals surface area contributed by atoms with Gasteiger partial charge in [0, 0.05) is 6.54 Å². The molecule has 1 aliphatic rings. The summed E-state index contributed by atoms with van der Waals surface area (Å²) in [6.45, 7) is 2.15. The van der Waals surface area contributed by atoms with Crippen LogP contribution in [0.1, 0.15) is 18.9 Å². The minimum Gasteiger partial charge on any atom is -0.315 e. The van der Waals surface area contributed by atoms with Crippen LogP contribution in [0.25, 0.3) is 0 Å². The zero-order valence-electron chi connectivity index (χ0n) is 6.40. The van der Waals surface area contributed by atoms with Gasteiger partial charge in [-0.05, 0) is 19.4 Å². The number of aromatic nitrogens is 3. The van der Waals surface area contributed by atoms with Gasteiger partial charge in [-0.1, -0.05) is 0 Å². The highest BCUT2D eigenvalue weighted by Gasteiger charge is 2.14. The van der Waals surface area contributed by atoms with Gasteiger partial charge in [0.25, 0.3) is 0 Å². The molecule has 0 bridgehead atoms. The van der Waals surface area contributed by atoms with E-state index in [4.69, 9.17) is 0 Å². The van der Waals surface area contributed by atoms with Crippen molar-refractivity contribution >= 4 is 0 Å². The van der Waals surface area contributed by atoms with E-state index in [2.05, 4.69) is 15.5 Å². The van der Waals surface area contributed by atoms with Crippen LogP contribution in [0.2, 0.25) is 0 Å². The predicted molar refractivity (Wildman–Crippen MR) is 41.2 cm³/mol. The average Bonchev–Trinajstić information content (AvgIpc) is 2.58. The Balaban J connectivity index is 2.04. The lowest BCUT2D eigenvalue weighted by Crippen LogP contribution is -2.32. The lowest BCUT2D eigenvalue weighted by molar-refractivity contribution is 0.317. The third-order valence-electron chi connectivity index (χ3n) is 2.03. The Morgan fingerprint density at radius 1 is 1.36 bits per heavy atom.